The minimum absolute atomic E-state index is 0.00121. The summed E-state index contributed by atoms with van der Waals surface area (Å²) in [4.78, 5) is 15.9. The van der Waals surface area contributed by atoms with E-state index in [-0.39, 0.29) is 11.5 Å². The Bertz CT molecular complexity index is 601. The molecular formula is C18H22N2O2. The summed E-state index contributed by atoms with van der Waals surface area (Å²) >= 11 is 0. The molecular weight excluding hydrogens is 276 g/mol. The molecule has 0 fully saturated rings. The average molecular weight is 298 g/mol. The van der Waals surface area contributed by atoms with Crippen molar-refractivity contribution in [1.29, 1.82) is 0 Å². The maximum Gasteiger partial charge on any atom is 0.224 e. The summed E-state index contributed by atoms with van der Waals surface area (Å²) in [5.74, 6) is 0.815. The van der Waals surface area contributed by atoms with Crippen LogP contribution < -0.4 is 10.1 Å². The highest BCUT2D eigenvalue weighted by molar-refractivity contribution is 5.78. The van der Waals surface area contributed by atoms with Gasteiger partial charge in [-0.2, -0.15) is 0 Å². The number of aromatic nitrogens is 1. The number of carbonyl (C=O) groups is 1. The Morgan fingerprint density at radius 3 is 2.27 bits per heavy atom. The zero-order valence-electron chi connectivity index (χ0n) is 13.3. The molecule has 0 saturated carbocycles. The number of nitrogens with one attached hydrogen (secondary N) is 1. The maximum absolute atomic E-state index is 11.9. The van der Waals surface area contributed by atoms with E-state index in [1.165, 1.54) is 0 Å². The fourth-order valence-electron chi connectivity index (χ4n) is 1.98. The first-order chi connectivity index (χ1) is 10.4. The summed E-state index contributed by atoms with van der Waals surface area (Å²) in [6.45, 7) is 6.54. The van der Waals surface area contributed by atoms with E-state index in [9.17, 15) is 4.79 Å². The third kappa shape index (κ3) is 5.56. The van der Waals surface area contributed by atoms with E-state index in [4.69, 9.17) is 4.74 Å². The molecule has 0 atom stereocenters. The fraction of sp³-hybridized carbons (Fsp3) is 0.333. The SMILES string of the molecule is CC(C)(C)Oc1ccc(CC(=O)NCc2ccncc2)cc1. The van der Waals surface area contributed by atoms with Gasteiger partial charge < -0.3 is 10.1 Å². The van der Waals surface area contributed by atoms with Gasteiger partial charge in [0.25, 0.3) is 0 Å². The lowest BCUT2D eigenvalue weighted by molar-refractivity contribution is -0.120. The average Bonchev–Trinajstić information content (AvgIpc) is 2.47. The Balaban J connectivity index is 1.84. The fourth-order valence-corrected chi connectivity index (χ4v) is 1.98. The van der Waals surface area contributed by atoms with Gasteiger partial charge in [0.1, 0.15) is 11.4 Å². The topological polar surface area (TPSA) is 51.2 Å². The van der Waals surface area contributed by atoms with Crippen molar-refractivity contribution < 1.29 is 9.53 Å². The van der Waals surface area contributed by atoms with E-state index < -0.39 is 0 Å². The maximum atomic E-state index is 11.9. The van der Waals surface area contributed by atoms with Crippen molar-refractivity contribution in [3.63, 3.8) is 0 Å². The Hall–Kier alpha value is -2.36. The largest absolute Gasteiger partial charge is 0.488 e. The first kappa shape index (κ1) is 16.0. The van der Waals surface area contributed by atoms with Crippen molar-refractivity contribution in [3.05, 3.63) is 59.9 Å². The predicted octanol–water partition coefficient (Wildman–Crippen LogP) is 3.12. The monoisotopic (exact) mass is 298 g/mol. The van der Waals surface area contributed by atoms with Crippen LogP contribution in [0.15, 0.2) is 48.8 Å². The molecule has 4 nitrogen and oxygen atoms in total. The third-order valence-corrected chi connectivity index (χ3v) is 2.95. The van der Waals surface area contributed by atoms with Crippen LogP contribution in [-0.4, -0.2) is 16.5 Å². The van der Waals surface area contributed by atoms with Crippen LogP contribution in [0.25, 0.3) is 0 Å². The zero-order chi connectivity index (χ0) is 16.0. The van der Waals surface area contributed by atoms with Crippen LogP contribution in [0.2, 0.25) is 0 Å². The number of ether oxygens (including phenoxy) is 1. The summed E-state index contributed by atoms with van der Waals surface area (Å²) in [6.07, 6.45) is 3.80. The number of benzene rings is 1. The molecule has 0 bridgehead atoms. The van der Waals surface area contributed by atoms with E-state index in [1.807, 2.05) is 57.2 Å². The van der Waals surface area contributed by atoms with E-state index in [2.05, 4.69) is 10.3 Å². The van der Waals surface area contributed by atoms with Crippen LogP contribution in [0.3, 0.4) is 0 Å². The van der Waals surface area contributed by atoms with Crippen molar-refractivity contribution >= 4 is 5.91 Å². The highest BCUT2D eigenvalue weighted by Gasteiger charge is 2.11. The Morgan fingerprint density at radius 1 is 1.05 bits per heavy atom. The van der Waals surface area contributed by atoms with Gasteiger partial charge in [-0.05, 0) is 56.2 Å². The minimum Gasteiger partial charge on any atom is -0.488 e. The van der Waals surface area contributed by atoms with E-state index in [1.54, 1.807) is 12.4 Å². The molecule has 2 rings (SSSR count). The molecule has 0 radical (unpaired) electrons. The van der Waals surface area contributed by atoms with Gasteiger partial charge in [-0.1, -0.05) is 12.1 Å². The molecule has 116 valence electrons. The van der Waals surface area contributed by atoms with Gasteiger partial charge in [-0.25, -0.2) is 0 Å². The molecule has 0 aliphatic heterocycles. The zero-order valence-corrected chi connectivity index (χ0v) is 13.3. The minimum atomic E-state index is -0.219. The molecule has 4 heteroatoms. The van der Waals surface area contributed by atoms with Gasteiger partial charge in [-0.3, -0.25) is 9.78 Å². The van der Waals surface area contributed by atoms with Gasteiger partial charge in [0.2, 0.25) is 5.91 Å². The lowest BCUT2D eigenvalue weighted by atomic mass is 10.1. The third-order valence-electron chi connectivity index (χ3n) is 2.95. The smallest absolute Gasteiger partial charge is 0.224 e. The van der Waals surface area contributed by atoms with E-state index in [0.717, 1.165) is 16.9 Å². The summed E-state index contributed by atoms with van der Waals surface area (Å²) < 4.78 is 5.76. The van der Waals surface area contributed by atoms with Crippen LogP contribution in [0.5, 0.6) is 5.75 Å². The molecule has 1 N–H and O–H groups in total. The first-order valence-corrected chi connectivity index (χ1v) is 7.36. The van der Waals surface area contributed by atoms with Crippen LogP contribution in [0, 0.1) is 0 Å². The summed E-state index contributed by atoms with van der Waals surface area (Å²) in [7, 11) is 0. The Morgan fingerprint density at radius 2 is 1.68 bits per heavy atom. The van der Waals surface area contributed by atoms with Crippen molar-refractivity contribution in [2.24, 2.45) is 0 Å². The number of amides is 1. The second kappa shape index (κ2) is 7.07. The molecule has 0 saturated heterocycles. The first-order valence-electron chi connectivity index (χ1n) is 7.36. The molecule has 1 aromatic carbocycles. The van der Waals surface area contributed by atoms with Crippen molar-refractivity contribution in [2.45, 2.75) is 39.3 Å². The summed E-state index contributed by atoms with van der Waals surface area (Å²) in [5, 5.41) is 2.90. The lowest BCUT2D eigenvalue weighted by Gasteiger charge is -2.21. The lowest BCUT2D eigenvalue weighted by Crippen LogP contribution is -2.24. The van der Waals surface area contributed by atoms with E-state index >= 15 is 0 Å². The van der Waals surface area contributed by atoms with Crippen molar-refractivity contribution in [2.75, 3.05) is 0 Å². The molecule has 0 aliphatic carbocycles. The van der Waals surface area contributed by atoms with E-state index in [0.29, 0.717) is 13.0 Å². The second-order valence-electron chi connectivity index (χ2n) is 6.17. The normalized spacial score (nSPS) is 11.0. The molecule has 0 spiro atoms. The van der Waals surface area contributed by atoms with Gasteiger partial charge in [0.05, 0.1) is 6.42 Å². The molecule has 1 amide bonds. The highest BCUT2D eigenvalue weighted by atomic mass is 16.5. The molecule has 2 aromatic rings. The van der Waals surface area contributed by atoms with Crippen molar-refractivity contribution in [1.82, 2.24) is 10.3 Å². The molecule has 1 aromatic heterocycles. The van der Waals surface area contributed by atoms with Crippen LogP contribution >= 0.6 is 0 Å². The molecule has 22 heavy (non-hydrogen) atoms. The number of pyridine rings is 1. The summed E-state index contributed by atoms with van der Waals surface area (Å²) in [5.41, 5.74) is 1.79. The van der Waals surface area contributed by atoms with Crippen molar-refractivity contribution in [3.8, 4) is 5.75 Å². The second-order valence-corrected chi connectivity index (χ2v) is 6.17. The summed E-state index contributed by atoms with van der Waals surface area (Å²) in [6, 6.07) is 11.4. The molecule has 0 aliphatic rings. The van der Waals surface area contributed by atoms with Gasteiger partial charge in [0.15, 0.2) is 0 Å². The van der Waals surface area contributed by atoms with Crippen LogP contribution in [-0.2, 0) is 17.8 Å². The standard InChI is InChI=1S/C18H22N2O2/c1-18(2,3)22-16-6-4-14(5-7-16)12-17(21)20-13-15-8-10-19-11-9-15/h4-11H,12-13H2,1-3H3,(H,20,21). The van der Waals surface area contributed by atoms with Gasteiger partial charge in [-0.15, -0.1) is 0 Å². The number of hydrogen-bond donors (Lipinski definition) is 1. The molecule has 0 unspecified atom stereocenters. The number of rotatable bonds is 5. The Kier molecular flexibility index (Phi) is 5.15. The quantitative estimate of drug-likeness (QED) is 0.922. The van der Waals surface area contributed by atoms with Gasteiger partial charge >= 0.3 is 0 Å². The van der Waals surface area contributed by atoms with Gasteiger partial charge in [0, 0.05) is 18.9 Å². The number of carbonyl (C=O) groups excluding carboxylic acids is 1. The number of hydrogen-bond acceptors (Lipinski definition) is 3. The predicted molar refractivity (Wildman–Crippen MR) is 86.6 cm³/mol. The van der Waals surface area contributed by atoms with Crippen LogP contribution in [0.1, 0.15) is 31.9 Å². The highest BCUT2D eigenvalue weighted by Crippen LogP contribution is 2.18. The Labute approximate surface area is 131 Å². The molecule has 1 heterocycles. The number of nitrogens with zero attached hydrogens (tertiary/aromatic N) is 1. The van der Waals surface area contributed by atoms with Crippen LogP contribution in [0.4, 0.5) is 0 Å².